The lowest BCUT2D eigenvalue weighted by Crippen LogP contribution is -2.40. The van der Waals surface area contributed by atoms with Gasteiger partial charge in [0.05, 0.1) is 13.3 Å². The Morgan fingerprint density at radius 2 is 2.56 bits per heavy atom. The highest BCUT2D eigenvalue weighted by molar-refractivity contribution is 7.99. The second kappa shape index (κ2) is 7.29. The van der Waals surface area contributed by atoms with Crippen molar-refractivity contribution < 1.29 is 13.9 Å². The van der Waals surface area contributed by atoms with Crippen LogP contribution in [0.4, 0.5) is 0 Å². The molecule has 1 aromatic heterocycles. The predicted octanol–water partition coefficient (Wildman–Crippen LogP) is 1.31. The Labute approximate surface area is 98.9 Å². The summed E-state index contributed by atoms with van der Waals surface area (Å²) in [5.41, 5.74) is 0. The van der Waals surface area contributed by atoms with Crippen LogP contribution in [0.2, 0.25) is 0 Å². The first kappa shape index (κ1) is 13.1. The number of ether oxygens (including phenoxy) is 1. The van der Waals surface area contributed by atoms with Gasteiger partial charge in [0.2, 0.25) is 0 Å². The second-order valence-electron chi connectivity index (χ2n) is 3.14. The van der Waals surface area contributed by atoms with Crippen molar-refractivity contribution in [3.63, 3.8) is 0 Å². The van der Waals surface area contributed by atoms with Gasteiger partial charge in [-0.2, -0.15) is 0 Å². The van der Waals surface area contributed by atoms with E-state index in [-0.39, 0.29) is 12.0 Å². The molecule has 16 heavy (non-hydrogen) atoms. The summed E-state index contributed by atoms with van der Waals surface area (Å²) in [5, 5.41) is 3.68. The van der Waals surface area contributed by atoms with Gasteiger partial charge in [-0.25, -0.2) is 4.98 Å². The minimum atomic E-state index is -0.318. The number of nitrogens with zero attached hydrogens (tertiary/aromatic N) is 1. The van der Waals surface area contributed by atoms with Gasteiger partial charge in [-0.15, -0.1) is 0 Å². The highest BCUT2D eigenvalue weighted by Gasteiger charge is 2.19. The smallest absolute Gasteiger partial charge is 0.323 e. The van der Waals surface area contributed by atoms with E-state index in [0.717, 1.165) is 13.0 Å². The molecule has 1 aromatic rings. The number of carbonyl (C=O) groups is 1. The molecular weight excluding hydrogens is 228 g/mol. The van der Waals surface area contributed by atoms with Gasteiger partial charge < -0.3 is 14.5 Å². The van der Waals surface area contributed by atoms with Crippen molar-refractivity contribution in [2.24, 2.45) is 0 Å². The van der Waals surface area contributed by atoms with Crippen molar-refractivity contribution in [3.05, 3.63) is 12.5 Å². The summed E-state index contributed by atoms with van der Waals surface area (Å²) in [4.78, 5) is 15.4. The molecule has 0 bridgehead atoms. The standard InChI is InChI=1S/C10H16N2O3S/c1-3-4-11-8(9(13)14-2)7-16-10-12-5-6-15-10/h5-6,8,11H,3-4,7H2,1-2H3. The van der Waals surface area contributed by atoms with Gasteiger partial charge in [-0.3, -0.25) is 4.79 Å². The van der Waals surface area contributed by atoms with Gasteiger partial charge in [0, 0.05) is 5.75 Å². The zero-order valence-corrected chi connectivity index (χ0v) is 10.3. The fourth-order valence-corrected chi connectivity index (χ4v) is 1.93. The number of aromatic nitrogens is 1. The van der Waals surface area contributed by atoms with Crippen LogP contribution in [-0.2, 0) is 9.53 Å². The Morgan fingerprint density at radius 1 is 1.75 bits per heavy atom. The van der Waals surface area contributed by atoms with Crippen LogP contribution < -0.4 is 5.32 Å². The Bertz CT molecular complexity index is 303. The molecule has 0 aromatic carbocycles. The molecule has 90 valence electrons. The molecule has 1 rings (SSSR count). The number of oxazole rings is 1. The molecule has 5 nitrogen and oxygen atoms in total. The summed E-state index contributed by atoms with van der Waals surface area (Å²) in [6, 6.07) is -0.318. The first-order chi connectivity index (χ1) is 7.77. The molecule has 0 saturated carbocycles. The molecule has 0 aliphatic carbocycles. The molecule has 1 heterocycles. The van der Waals surface area contributed by atoms with Gasteiger partial charge in [-0.05, 0) is 13.0 Å². The molecule has 0 saturated heterocycles. The SMILES string of the molecule is CCCNC(CSc1ncco1)C(=O)OC. The second-order valence-corrected chi connectivity index (χ2v) is 4.11. The average molecular weight is 244 g/mol. The zero-order valence-electron chi connectivity index (χ0n) is 9.43. The minimum Gasteiger partial charge on any atom is -0.468 e. The van der Waals surface area contributed by atoms with Gasteiger partial charge in [0.15, 0.2) is 0 Å². The summed E-state index contributed by atoms with van der Waals surface area (Å²) in [5.74, 6) is 0.292. The lowest BCUT2D eigenvalue weighted by Gasteiger charge is -2.14. The van der Waals surface area contributed by atoms with E-state index in [9.17, 15) is 4.79 Å². The Morgan fingerprint density at radius 3 is 3.12 bits per heavy atom. The molecule has 6 heteroatoms. The molecule has 1 atom stereocenters. The van der Waals surface area contributed by atoms with E-state index in [1.165, 1.54) is 25.1 Å². The summed E-state index contributed by atoms with van der Waals surface area (Å²) >= 11 is 1.39. The maximum Gasteiger partial charge on any atom is 0.323 e. The van der Waals surface area contributed by atoms with E-state index in [0.29, 0.717) is 11.0 Å². The maximum absolute atomic E-state index is 11.4. The van der Waals surface area contributed by atoms with Crippen molar-refractivity contribution in [1.82, 2.24) is 10.3 Å². The quantitative estimate of drug-likeness (QED) is 0.576. The Hall–Kier alpha value is -1.01. The fourth-order valence-electron chi connectivity index (χ4n) is 1.11. The van der Waals surface area contributed by atoms with Crippen LogP contribution >= 0.6 is 11.8 Å². The molecule has 0 fully saturated rings. The zero-order chi connectivity index (χ0) is 11.8. The maximum atomic E-state index is 11.4. The lowest BCUT2D eigenvalue weighted by molar-refractivity contribution is -0.142. The van der Waals surface area contributed by atoms with E-state index < -0.39 is 0 Å². The van der Waals surface area contributed by atoms with E-state index in [1.54, 1.807) is 6.20 Å². The van der Waals surface area contributed by atoms with Gasteiger partial charge in [0.25, 0.3) is 5.22 Å². The van der Waals surface area contributed by atoms with Gasteiger partial charge in [-0.1, -0.05) is 18.7 Å². The molecular formula is C10H16N2O3S. The molecule has 0 amide bonds. The predicted molar refractivity (Wildman–Crippen MR) is 61.3 cm³/mol. The summed E-state index contributed by atoms with van der Waals surface area (Å²) in [7, 11) is 1.39. The minimum absolute atomic E-state index is 0.257. The highest BCUT2D eigenvalue weighted by atomic mass is 32.2. The van der Waals surface area contributed by atoms with Crippen LogP contribution in [0.1, 0.15) is 13.3 Å². The van der Waals surface area contributed by atoms with Gasteiger partial charge >= 0.3 is 5.97 Å². The van der Waals surface area contributed by atoms with Crippen molar-refractivity contribution in [1.29, 1.82) is 0 Å². The summed E-state index contributed by atoms with van der Waals surface area (Å²) in [6.07, 6.45) is 4.06. The third kappa shape index (κ3) is 4.24. The highest BCUT2D eigenvalue weighted by Crippen LogP contribution is 2.16. The van der Waals surface area contributed by atoms with Crippen molar-refractivity contribution in [3.8, 4) is 0 Å². The number of rotatable bonds is 7. The first-order valence-electron chi connectivity index (χ1n) is 5.11. The molecule has 0 spiro atoms. The number of hydrogen-bond donors (Lipinski definition) is 1. The lowest BCUT2D eigenvalue weighted by atomic mass is 10.3. The van der Waals surface area contributed by atoms with Gasteiger partial charge in [0.1, 0.15) is 12.3 Å². The summed E-state index contributed by atoms with van der Waals surface area (Å²) in [6.45, 7) is 2.83. The number of nitrogens with one attached hydrogen (secondary N) is 1. The number of hydrogen-bond acceptors (Lipinski definition) is 6. The van der Waals surface area contributed by atoms with E-state index in [1.807, 2.05) is 6.92 Å². The Balaban J connectivity index is 2.40. The van der Waals surface area contributed by atoms with E-state index in [2.05, 4.69) is 10.3 Å². The fraction of sp³-hybridized carbons (Fsp3) is 0.600. The third-order valence-corrected chi connectivity index (χ3v) is 2.86. The molecule has 0 aliphatic heterocycles. The molecule has 0 aliphatic rings. The van der Waals surface area contributed by atoms with Crippen LogP contribution in [0.25, 0.3) is 0 Å². The monoisotopic (exact) mass is 244 g/mol. The molecule has 1 unspecified atom stereocenters. The van der Waals surface area contributed by atoms with Crippen LogP contribution in [-0.4, -0.2) is 36.4 Å². The van der Waals surface area contributed by atoms with Crippen LogP contribution in [0.3, 0.4) is 0 Å². The largest absolute Gasteiger partial charge is 0.468 e. The van der Waals surface area contributed by atoms with Crippen molar-refractivity contribution in [2.45, 2.75) is 24.6 Å². The van der Waals surface area contributed by atoms with E-state index in [4.69, 9.17) is 9.15 Å². The molecule has 1 N–H and O–H groups in total. The number of esters is 1. The van der Waals surface area contributed by atoms with Crippen molar-refractivity contribution >= 4 is 17.7 Å². The topological polar surface area (TPSA) is 64.4 Å². The van der Waals surface area contributed by atoms with Crippen molar-refractivity contribution in [2.75, 3.05) is 19.4 Å². The third-order valence-electron chi connectivity index (χ3n) is 1.91. The average Bonchev–Trinajstić information content (AvgIpc) is 2.81. The van der Waals surface area contributed by atoms with E-state index >= 15 is 0 Å². The number of carbonyl (C=O) groups excluding carboxylic acids is 1. The van der Waals surface area contributed by atoms with Crippen LogP contribution in [0, 0.1) is 0 Å². The molecule has 0 radical (unpaired) electrons. The summed E-state index contributed by atoms with van der Waals surface area (Å²) < 4.78 is 9.79. The Kier molecular flexibility index (Phi) is 5.95. The number of thioether (sulfide) groups is 1. The first-order valence-corrected chi connectivity index (χ1v) is 6.10. The number of methoxy groups -OCH3 is 1. The normalized spacial score (nSPS) is 12.4. The van der Waals surface area contributed by atoms with Crippen LogP contribution in [0.5, 0.6) is 0 Å². The van der Waals surface area contributed by atoms with Crippen LogP contribution in [0.15, 0.2) is 22.1 Å².